The van der Waals surface area contributed by atoms with Crippen molar-refractivity contribution in [1.29, 1.82) is 0 Å². The zero-order valence-electron chi connectivity index (χ0n) is 12.0. The van der Waals surface area contributed by atoms with Crippen LogP contribution in [-0.2, 0) is 0 Å². The molecule has 3 aromatic rings. The molecule has 2 aromatic heterocycles. The van der Waals surface area contributed by atoms with Gasteiger partial charge < -0.3 is 9.26 Å². The number of methoxy groups -OCH3 is 1. The van der Waals surface area contributed by atoms with Crippen molar-refractivity contribution in [2.75, 3.05) is 12.4 Å². The maximum Gasteiger partial charge on any atom is 0.279 e. The molecule has 1 N–H and O–H groups in total. The number of hydrogen-bond acceptors (Lipinski definition) is 8. The maximum absolute atomic E-state index is 12.0. The number of fused-ring (bicyclic) bond motifs is 1. The Morgan fingerprint density at radius 1 is 1.43 bits per heavy atom. The van der Waals surface area contributed by atoms with E-state index in [0.717, 1.165) is 11.3 Å². The van der Waals surface area contributed by atoms with Gasteiger partial charge in [0.05, 0.1) is 22.8 Å². The second kappa shape index (κ2) is 5.65. The van der Waals surface area contributed by atoms with Gasteiger partial charge >= 0.3 is 0 Å². The van der Waals surface area contributed by atoms with Gasteiger partial charge in [-0.3, -0.25) is 20.2 Å². The number of rotatable bonds is 4. The number of nitro groups is 1. The Morgan fingerprint density at radius 2 is 2.22 bits per heavy atom. The van der Waals surface area contributed by atoms with Gasteiger partial charge in [0.1, 0.15) is 11.3 Å². The summed E-state index contributed by atoms with van der Waals surface area (Å²) < 4.78 is 10.5. The van der Waals surface area contributed by atoms with E-state index in [2.05, 4.69) is 15.5 Å². The normalized spacial score (nSPS) is 10.7. The number of carbonyl (C=O) groups is 1. The summed E-state index contributed by atoms with van der Waals surface area (Å²) in [5, 5.41) is 17.4. The lowest BCUT2D eigenvalue weighted by atomic mass is 10.3. The van der Waals surface area contributed by atoms with Gasteiger partial charge in [-0.1, -0.05) is 16.5 Å². The lowest BCUT2D eigenvalue weighted by Crippen LogP contribution is -2.11. The molecule has 10 heteroatoms. The molecule has 1 aromatic carbocycles. The van der Waals surface area contributed by atoms with Gasteiger partial charge in [0.15, 0.2) is 16.6 Å². The highest BCUT2D eigenvalue weighted by molar-refractivity contribution is 7.22. The van der Waals surface area contributed by atoms with E-state index < -0.39 is 10.8 Å². The van der Waals surface area contributed by atoms with Crippen LogP contribution in [0.3, 0.4) is 0 Å². The summed E-state index contributed by atoms with van der Waals surface area (Å²) in [7, 11) is 1.40. The molecule has 2 heterocycles. The van der Waals surface area contributed by atoms with E-state index in [0.29, 0.717) is 16.0 Å². The minimum Gasteiger partial charge on any atom is -0.494 e. The van der Waals surface area contributed by atoms with Gasteiger partial charge in [-0.25, -0.2) is 4.98 Å². The molecule has 0 saturated carbocycles. The van der Waals surface area contributed by atoms with Crippen LogP contribution in [0.1, 0.15) is 16.2 Å². The van der Waals surface area contributed by atoms with Crippen LogP contribution in [0.15, 0.2) is 22.7 Å². The molecule has 23 heavy (non-hydrogen) atoms. The fourth-order valence-electron chi connectivity index (χ4n) is 1.93. The Bertz CT molecular complexity index is 916. The van der Waals surface area contributed by atoms with Crippen molar-refractivity contribution in [3.8, 4) is 5.75 Å². The second-order valence-electron chi connectivity index (χ2n) is 4.55. The summed E-state index contributed by atoms with van der Waals surface area (Å²) in [4.78, 5) is 26.7. The van der Waals surface area contributed by atoms with Crippen molar-refractivity contribution in [3.63, 3.8) is 0 Å². The van der Waals surface area contributed by atoms with Crippen molar-refractivity contribution in [2.24, 2.45) is 0 Å². The van der Waals surface area contributed by atoms with Gasteiger partial charge in [0.2, 0.25) is 0 Å². The Morgan fingerprint density at radius 3 is 2.83 bits per heavy atom. The summed E-state index contributed by atoms with van der Waals surface area (Å²) >= 11 is 1.10. The Balaban J connectivity index is 1.96. The molecule has 0 aliphatic rings. The Labute approximate surface area is 133 Å². The third kappa shape index (κ3) is 2.83. The summed E-state index contributed by atoms with van der Waals surface area (Å²) in [6.45, 7) is 1.67. The zero-order chi connectivity index (χ0) is 16.6. The number of nitro benzene ring substituents is 1. The number of non-ortho nitro benzene ring substituents is 1. The molecule has 0 atom stereocenters. The van der Waals surface area contributed by atoms with Gasteiger partial charge in [0, 0.05) is 12.1 Å². The molecule has 0 radical (unpaired) electrons. The van der Waals surface area contributed by atoms with Gasteiger partial charge in [-0.05, 0) is 6.92 Å². The molecule has 0 fully saturated rings. The third-order valence-electron chi connectivity index (χ3n) is 2.96. The summed E-state index contributed by atoms with van der Waals surface area (Å²) in [5.74, 6) is 0.300. The summed E-state index contributed by atoms with van der Waals surface area (Å²) in [6.07, 6.45) is 0. The zero-order valence-corrected chi connectivity index (χ0v) is 12.8. The molecular weight excluding hydrogens is 324 g/mol. The fourth-order valence-corrected chi connectivity index (χ4v) is 2.85. The average Bonchev–Trinajstić information content (AvgIpc) is 3.11. The predicted molar refractivity (Wildman–Crippen MR) is 82.0 cm³/mol. The first-order valence-corrected chi connectivity index (χ1v) is 7.17. The number of hydrogen-bond donors (Lipinski definition) is 1. The highest BCUT2D eigenvalue weighted by Crippen LogP contribution is 2.36. The van der Waals surface area contributed by atoms with E-state index in [-0.39, 0.29) is 22.3 Å². The van der Waals surface area contributed by atoms with Crippen LogP contribution < -0.4 is 10.1 Å². The van der Waals surface area contributed by atoms with Crippen molar-refractivity contribution in [1.82, 2.24) is 10.1 Å². The lowest BCUT2D eigenvalue weighted by Gasteiger charge is -2.00. The first-order chi connectivity index (χ1) is 11.0. The number of carbonyl (C=O) groups excluding carboxylic acids is 1. The Kier molecular flexibility index (Phi) is 3.66. The van der Waals surface area contributed by atoms with Crippen LogP contribution in [0, 0.1) is 17.0 Å². The van der Waals surface area contributed by atoms with Crippen LogP contribution in [0.25, 0.3) is 10.2 Å². The van der Waals surface area contributed by atoms with Crippen molar-refractivity contribution >= 4 is 38.3 Å². The third-order valence-corrected chi connectivity index (χ3v) is 3.87. The molecule has 0 spiro atoms. The summed E-state index contributed by atoms with van der Waals surface area (Å²) in [5.41, 5.74) is 0.456. The van der Waals surface area contributed by atoms with E-state index in [1.807, 2.05) is 0 Å². The first-order valence-electron chi connectivity index (χ1n) is 6.35. The van der Waals surface area contributed by atoms with Crippen LogP contribution in [-0.4, -0.2) is 28.1 Å². The quantitative estimate of drug-likeness (QED) is 0.575. The standard InChI is InChI=1S/C13H10N4O5S/c1-6-3-8(16-22-6)12(18)15-13-14-11-9(21-2)4-7(17(19)20)5-10(11)23-13/h3-5H,1-2H3,(H,14,15,18). The topological polar surface area (TPSA) is 120 Å². The largest absolute Gasteiger partial charge is 0.494 e. The first kappa shape index (κ1) is 14.9. The minimum absolute atomic E-state index is 0.108. The van der Waals surface area contributed by atoms with Crippen molar-refractivity contribution in [2.45, 2.75) is 6.92 Å². The van der Waals surface area contributed by atoms with Crippen LogP contribution >= 0.6 is 11.3 Å². The molecule has 118 valence electrons. The van der Waals surface area contributed by atoms with E-state index in [9.17, 15) is 14.9 Å². The fraction of sp³-hybridized carbons (Fsp3) is 0.154. The number of nitrogens with zero attached hydrogens (tertiary/aromatic N) is 3. The molecule has 0 saturated heterocycles. The number of aryl methyl sites for hydroxylation is 1. The smallest absolute Gasteiger partial charge is 0.279 e. The average molecular weight is 334 g/mol. The predicted octanol–water partition coefficient (Wildman–Crippen LogP) is 2.76. The molecule has 3 rings (SSSR count). The molecule has 0 aliphatic carbocycles. The van der Waals surface area contributed by atoms with E-state index >= 15 is 0 Å². The number of aromatic nitrogens is 2. The lowest BCUT2D eigenvalue weighted by molar-refractivity contribution is -0.384. The number of amides is 1. The summed E-state index contributed by atoms with van der Waals surface area (Å²) in [6, 6.07) is 4.16. The van der Waals surface area contributed by atoms with Crippen molar-refractivity contribution in [3.05, 3.63) is 39.8 Å². The molecular formula is C13H10N4O5S. The molecule has 0 unspecified atom stereocenters. The van der Waals surface area contributed by atoms with E-state index in [4.69, 9.17) is 9.26 Å². The maximum atomic E-state index is 12.0. The van der Waals surface area contributed by atoms with Gasteiger partial charge in [-0.15, -0.1) is 0 Å². The van der Waals surface area contributed by atoms with E-state index in [1.54, 1.807) is 6.92 Å². The van der Waals surface area contributed by atoms with Crippen LogP contribution in [0.5, 0.6) is 5.75 Å². The van der Waals surface area contributed by atoms with Gasteiger partial charge in [-0.2, -0.15) is 0 Å². The second-order valence-corrected chi connectivity index (χ2v) is 5.58. The highest BCUT2D eigenvalue weighted by Gasteiger charge is 2.18. The number of thiazole rings is 1. The molecule has 9 nitrogen and oxygen atoms in total. The van der Waals surface area contributed by atoms with Crippen molar-refractivity contribution < 1.29 is 19.0 Å². The SMILES string of the molecule is COc1cc([N+](=O)[O-])cc2sc(NC(=O)c3cc(C)on3)nc12. The number of benzene rings is 1. The Hall–Kier alpha value is -3.01. The molecule has 0 aliphatic heterocycles. The molecule has 1 amide bonds. The number of nitrogens with one attached hydrogen (secondary N) is 1. The number of ether oxygens (including phenoxy) is 1. The highest BCUT2D eigenvalue weighted by atomic mass is 32.1. The number of anilines is 1. The minimum atomic E-state index is -0.516. The van der Waals surface area contributed by atoms with Crippen LogP contribution in [0.4, 0.5) is 10.8 Å². The monoisotopic (exact) mass is 334 g/mol. The van der Waals surface area contributed by atoms with E-state index in [1.165, 1.54) is 25.3 Å². The van der Waals surface area contributed by atoms with Crippen LogP contribution in [0.2, 0.25) is 0 Å². The molecule has 0 bridgehead atoms. The van der Waals surface area contributed by atoms with Gasteiger partial charge in [0.25, 0.3) is 11.6 Å².